The van der Waals surface area contributed by atoms with Crippen LogP contribution in [0.25, 0.3) is 126 Å². The molecule has 62 heavy (non-hydrogen) atoms. The van der Waals surface area contributed by atoms with E-state index in [1.54, 1.807) is 34.0 Å². The standard InChI is InChI=1S/C56H29N3S3/c1-58-50-48(33-17-6-3-7-18-33)51(43(31-57)47(32-15-4-2-5-16-32)49(50)42-23-14-22-39-34-19-8-11-24-44(34)60-54(39)42)59-52-37(27-29-40-35-20-9-12-25-45(35)61-55(40)52)38-28-30-41-36-21-10-13-26-46(36)62-56(41)53(38)59/h2-30H. The molecule has 3 nitrogen and oxygen atoms in total. The Morgan fingerprint density at radius 3 is 1.37 bits per heavy atom. The quantitative estimate of drug-likeness (QED) is 0.163. The summed E-state index contributed by atoms with van der Waals surface area (Å²) in [5.41, 5.74) is 8.91. The minimum absolute atomic E-state index is 0.524. The Balaban J connectivity index is 1.32. The summed E-state index contributed by atoms with van der Waals surface area (Å²) in [6, 6.07) is 64.7. The van der Waals surface area contributed by atoms with Crippen LogP contribution in [-0.2, 0) is 0 Å². The van der Waals surface area contributed by atoms with Crippen LogP contribution in [0.3, 0.4) is 0 Å². The molecular formula is C56H29N3S3. The third kappa shape index (κ3) is 4.83. The van der Waals surface area contributed by atoms with Crippen LogP contribution in [0.2, 0.25) is 0 Å². The fourth-order valence-corrected chi connectivity index (χ4v) is 13.6. The summed E-state index contributed by atoms with van der Waals surface area (Å²) in [5, 5.41) is 21.4. The largest absolute Gasteiger partial charge is 0.306 e. The molecule has 13 aromatic rings. The summed E-state index contributed by atoms with van der Waals surface area (Å²) in [5.74, 6) is 0. The van der Waals surface area contributed by atoms with Crippen molar-refractivity contribution in [1.82, 2.24) is 4.57 Å². The zero-order valence-corrected chi connectivity index (χ0v) is 35.3. The van der Waals surface area contributed by atoms with Gasteiger partial charge >= 0.3 is 0 Å². The zero-order chi connectivity index (χ0) is 41.1. The van der Waals surface area contributed by atoms with E-state index in [1.165, 1.54) is 41.0 Å². The molecule has 0 atom stereocenters. The molecule has 0 amide bonds. The van der Waals surface area contributed by atoms with Crippen molar-refractivity contribution >= 4 is 122 Å². The lowest BCUT2D eigenvalue weighted by Gasteiger charge is -2.25. The number of hydrogen-bond donors (Lipinski definition) is 0. The Hall–Kier alpha value is -7.58. The lowest BCUT2D eigenvalue weighted by Crippen LogP contribution is -2.05. The molecule has 4 heterocycles. The third-order valence-electron chi connectivity index (χ3n) is 12.5. The molecule has 0 saturated heterocycles. The summed E-state index contributed by atoms with van der Waals surface area (Å²) in [4.78, 5) is 4.61. The second-order valence-corrected chi connectivity index (χ2v) is 18.8. The second kappa shape index (κ2) is 13.5. The molecule has 286 valence electrons. The first-order chi connectivity index (χ1) is 30.7. The summed E-state index contributed by atoms with van der Waals surface area (Å²) in [7, 11) is 0. The van der Waals surface area contributed by atoms with Gasteiger partial charge in [0.05, 0.1) is 38.3 Å². The molecule has 0 fully saturated rings. The van der Waals surface area contributed by atoms with Gasteiger partial charge in [-0.3, -0.25) is 0 Å². The van der Waals surface area contributed by atoms with Crippen molar-refractivity contribution < 1.29 is 0 Å². The molecule has 4 aromatic heterocycles. The van der Waals surface area contributed by atoms with Crippen LogP contribution in [0.1, 0.15) is 5.56 Å². The maximum atomic E-state index is 12.1. The number of hydrogen-bond acceptors (Lipinski definition) is 4. The molecule has 0 aliphatic rings. The fraction of sp³-hybridized carbons (Fsp3) is 0. The average molecular weight is 840 g/mol. The highest BCUT2D eigenvalue weighted by molar-refractivity contribution is 7.27. The number of thiophene rings is 3. The molecule has 0 radical (unpaired) electrons. The first-order valence-corrected chi connectivity index (χ1v) is 22.9. The molecule has 9 aromatic carbocycles. The Kier molecular flexibility index (Phi) is 7.64. The van der Waals surface area contributed by atoms with E-state index in [9.17, 15) is 11.8 Å². The van der Waals surface area contributed by atoms with E-state index < -0.39 is 0 Å². The van der Waals surface area contributed by atoms with Crippen molar-refractivity contribution in [2.24, 2.45) is 0 Å². The predicted molar refractivity (Wildman–Crippen MR) is 267 cm³/mol. The van der Waals surface area contributed by atoms with Crippen molar-refractivity contribution in [3.05, 3.63) is 193 Å². The Labute approximate surface area is 367 Å². The monoisotopic (exact) mass is 839 g/mol. The molecule has 0 N–H and O–H groups in total. The van der Waals surface area contributed by atoms with Crippen LogP contribution in [0.5, 0.6) is 0 Å². The van der Waals surface area contributed by atoms with Crippen LogP contribution in [0.4, 0.5) is 5.69 Å². The van der Waals surface area contributed by atoms with E-state index in [2.05, 4.69) is 155 Å². The molecule has 0 spiro atoms. The highest BCUT2D eigenvalue weighted by Crippen LogP contribution is 2.56. The van der Waals surface area contributed by atoms with Gasteiger partial charge in [-0.15, -0.1) is 34.0 Å². The molecule has 13 rings (SSSR count). The number of nitrogens with zero attached hydrogens (tertiary/aromatic N) is 3. The van der Waals surface area contributed by atoms with E-state index in [1.807, 2.05) is 36.4 Å². The van der Waals surface area contributed by atoms with Crippen molar-refractivity contribution in [2.45, 2.75) is 0 Å². The minimum Gasteiger partial charge on any atom is -0.306 e. The highest BCUT2D eigenvalue weighted by Gasteiger charge is 2.32. The second-order valence-electron chi connectivity index (χ2n) is 15.6. The number of nitriles is 1. The van der Waals surface area contributed by atoms with Crippen LogP contribution >= 0.6 is 34.0 Å². The van der Waals surface area contributed by atoms with Gasteiger partial charge in [-0.05, 0) is 46.0 Å². The first kappa shape index (κ1) is 35.2. The van der Waals surface area contributed by atoms with E-state index >= 15 is 0 Å². The van der Waals surface area contributed by atoms with Gasteiger partial charge in [-0.2, -0.15) is 5.26 Å². The van der Waals surface area contributed by atoms with Gasteiger partial charge in [0.25, 0.3) is 0 Å². The summed E-state index contributed by atoms with van der Waals surface area (Å²) < 4.78 is 9.41. The van der Waals surface area contributed by atoms with Gasteiger partial charge in [0.2, 0.25) is 5.69 Å². The smallest absolute Gasteiger partial charge is 0.205 e. The molecule has 0 unspecified atom stereocenters. The maximum Gasteiger partial charge on any atom is 0.205 e. The van der Waals surface area contributed by atoms with Crippen LogP contribution < -0.4 is 0 Å². The lowest BCUT2D eigenvalue weighted by atomic mass is 9.83. The minimum atomic E-state index is 0.524. The topological polar surface area (TPSA) is 33.1 Å². The number of rotatable bonds is 4. The Morgan fingerprint density at radius 2 is 0.855 bits per heavy atom. The molecular weight excluding hydrogens is 811 g/mol. The van der Waals surface area contributed by atoms with Gasteiger partial charge in [0, 0.05) is 67.5 Å². The molecule has 0 aliphatic carbocycles. The van der Waals surface area contributed by atoms with E-state index in [4.69, 9.17) is 0 Å². The third-order valence-corrected chi connectivity index (χ3v) is 16.1. The summed E-state index contributed by atoms with van der Waals surface area (Å²) in [6.07, 6.45) is 0. The van der Waals surface area contributed by atoms with Crippen molar-refractivity contribution in [2.75, 3.05) is 0 Å². The summed E-state index contributed by atoms with van der Waals surface area (Å²) in [6.45, 7) is 9.32. The zero-order valence-electron chi connectivity index (χ0n) is 32.8. The predicted octanol–water partition coefficient (Wildman–Crippen LogP) is 17.3. The van der Waals surface area contributed by atoms with Gasteiger partial charge in [0.15, 0.2) is 0 Å². The van der Waals surface area contributed by atoms with Gasteiger partial charge in [-0.25, -0.2) is 4.85 Å². The Bertz CT molecular complexity index is 3990. The highest BCUT2D eigenvalue weighted by atomic mass is 32.1. The summed E-state index contributed by atoms with van der Waals surface area (Å²) >= 11 is 5.34. The van der Waals surface area contributed by atoms with Crippen LogP contribution in [0, 0.1) is 17.9 Å². The fourth-order valence-electron chi connectivity index (χ4n) is 9.91. The van der Waals surface area contributed by atoms with Crippen LogP contribution in [0.15, 0.2) is 176 Å². The number of benzene rings is 9. The Morgan fingerprint density at radius 1 is 0.419 bits per heavy atom. The van der Waals surface area contributed by atoms with Crippen LogP contribution in [-0.4, -0.2) is 4.57 Å². The van der Waals surface area contributed by atoms with E-state index in [-0.39, 0.29) is 0 Å². The van der Waals surface area contributed by atoms with Gasteiger partial charge < -0.3 is 4.57 Å². The molecule has 6 heteroatoms. The van der Waals surface area contributed by atoms with Gasteiger partial charge in [0.1, 0.15) is 6.07 Å². The van der Waals surface area contributed by atoms with Gasteiger partial charge in [-0.1, -0.05) is 158 Å². The number of fused-ring (bicyclic) bond motifs is 14. The average Bonchev–Trinajstić information content (AvgIpc) is 4.10. The molecule has 0 saturated carbocycles. The normalized spacial score (nSPS) is 11.8. The van der Waals surface area contributed by atoms with Crippen molar-refractivity contribution in [3.8, 4) is 45.1 Å². The molecule has 0 aliphatic heterocycles. The van der Waals surface area contributed by atoms with E-state index in [0.29, 0.717) is 11.3 Å². The van der Waals surface area contributed by atoms with Crippen molar-refractivity contribution in [1.29, 1.82) is 5.26 Å². The lowest BCUT2D eigenvalue weighted by molar-refractivity contribution is 1.19. The maximum absolute atomic E-state index is 12.1. The molecule has 0 bridgehead atoms. The number of aromatic nitrogens is 1. The SMILES string of the molecule is [C-]#[N+]c1c(-c2cccc3c2sc2ccccc23)c(-c2ccccc2)c(C#N)c(-n2c3c(ccc4c5ccccc5sc43)c3ccc4c5ccccc5sc4c32)c1-c1ccccc1. The van der Waals surface area contributed by atoms with E-state index in [0.717, 1.165) is 80.4 Å². The van der Waals surface area contributed by atoms with Crippen molar-refractivity contribution in [3.63, 3.8) is 0 Å². The first-order valence-electron chi connectivity index (χ1n) is 20.4.